The highest BCUT2D eigenvalue weighted by molar-refractivity contribution is 8.00. The van der Waals surface area contributed by atoms with Crippen LogP contribution in [0.2, 0.25) is 10.0 Å². The Morgan fingerprint density at radius 1 is 1.00 bits per heavy atom. The first kappa shape index (κ1) is 15.2. The standard InChI is InChI=1S/C15H12Cl2O2S/c16-12-7-3-1-5-10(12)15(20-9-14(18)19)11-6-2-4-8-13(11)17/h1-8,15H,9H2,(H,18,19). The van der Waals surface area contributed by atoms with Crippen LogP contribution in [0.4, 0.5) is 0 Å². The predicted molar refractivity (Wildman–Crippen MR) is 84.8 cm³/mol. The molecule has 0 saturated heterocycles. The van der Waals surface area contributed by atoms with Crippen LogP contribution in [-0.4, -0.2) is 16.8 Å². The van der Waals surface area contributed by atoms with Gasteiger partial charge in [-0.1, -0.05) is 59.6 Å². The van der Waals surface area contributed by atoms with E-state index in [2.05, 4.69) is 0 Å². The Bertz CT molecular complexity index is 571. The van der Waals surface area contributed by atoms with Gasteiger partial charge in [0.1, 0.15) is 0 Å². The molecule has 1 N–H and O–H groups in total. The Labute approximate surface area is 131 Å². The van der Waals surface area contributed by atoms with E-state index in [1.54, 1.807) is 12.1 Å². The summed E-state index contributed by atoms with van der Waals surface area (Å²) < 4.78 is 0. The largest absolute Gasteiger partial charge is 0.481 e. The van der Waals surface area contributed by atoms with Crippen molar-refractivity contribution in [1.82, 2.24) is 0 Å². The molecule has 0 radical (unpaired) electrons. The Morgan fingerprint density at radius 3 is 1.85 bits per heavy atom. The van der Waals surface area contributed by atoms with Crippen molar-refractivity contribution >= 4 is 40.9 Å². The number of hydrogen-bond acceptors (Lipinski definition) is 2. The number of rotatable bonds is 5. The first-order chi connectivity index (χ1) is 9.59. The summed E-state index contributed by atoms with van der Waals surface area (Å²) in [7, 11) is 0. The molecule has 0 aliphatic rings. The van der Waals surface area contributed by atoms with Crippen LogP contribution in [0.15, 0.2) is 48.5 Å². The lowest BCUT2D eigenvalue weighted by molar-refractivity contribution is -0.133. The third-order valence-electron chi connectivity index (χ3n) is 2.75. The average molecular weight is 327 g/mol. The highest BCUT2D eigenvalue weighted by atomic mass is 35.5. The van der Waals surface area contributed by atoms with Crippen molar-refractivity contribution in [3.05, 3.63) is 69.7 Å². The molecule has 0 spiro atoms. The highest BCUT2D eigenvalue weighted by Gasteiger charge is 2.20. The fourth-order valence-electron chi connectivity index (χ4n) is 1.88. The smallest absolute Gasteiger partial charge is 0.313 e. The number of carbonyl (C=O) groups is 1. The van der Waals surface area contributed by atoms with E-state index >= 15 is 0 Å². The van der Waals surface area contributed by atoms with Crippen LogP contribution in [0, 0.1) is 0 Å². The van der Waals surface area contributed by atoms with Crippen LogP contribution in [-0.2, 0) is 4.79 Å². The normalized spacial score (nSPS) is 10.8. The van der Waals surface area contributed by atoms with Crippen molar-refractivity contribution < 1.29 is 9.90 Å². The van der Waals surface area contributed by atoms with E-state index in [1.807, 2.05) is 36.4 Å². The Hall–Kier alpha value is -1.16. The lowest BCUT2D eigenvalue weighted by atomic mass is 10.0. The van der Waals surface area contributed by atoms with Gasteiger partial charge in [0.25, 0.3) is 0 Å². The zero-order chi connectivity index (χ0) is 14.5. The first-order valence-corrected chi connectivity index (χ1v) is 7.72. The lowest BCUT2D eigenvalue weighted by Gasteiger charge is -2.19. The van der Waals surface area contributed by atoms with Gasteiger partial charge in [-0.3, -0.25) is 4.79 Å². The molecule has 0 saturated carbocycles. The van der Waals surface area contributed by atoms with Crippen molar-refractivity contribution in [3.63, 3.8) is 0 Å². The first-order valence-electron chi connectivity index (χ1n) is 5.92. The van der Waals surface area contributed by atoms with E-state index < -0.39 is 5.97 Å². The number of carboxylic acids is 1. The minimum atomic E-state index is -0.862. The molecule has 2 aromatic carbocycles. The average Bonchev–Trinajstić information content (AvgIpc) is 2.42. The fourth-order valence-corrected chi connectivity index (χ4v) is 3.58. The minimum Gasteiger partial charge on any atom is -0.481 e. The molecule has 0 bridgehead atoms. The van der Waals surface area contributed by atoms with Gasteiger partial charge in [0.05, 0.1) is 11.0 Å². The zero-order valence-corrected chi connectivity index (χ0v) is 12.8. The third-order valence-corrected chi connectivity index (χ3v) is 4.69. The number of aliphatic carboxylic acids is 1. The van der Waals surface area contributed by atoms with E-state index in [-0.39, 0.29) is 11.0 Å². The van der Waals surface area contributed by atoms with Crippen molar-refractivity contribution in [3.8, 4) is 0 Å². The topological polar surface area (TPSA) is 37.3 Å². The second-order valence-corrected chi connectivity index (χ2v) is 6.04. The molecule has 0 amide bonds. The summed E-state index contributed by atoms with van der Waals surface area (Å²) in [5.41, 5.74) is 1.74. The molecule has 0 aliphatic carbocycles. The van der Waals surface area contributed by atoms with Crippen molar-refractivity contribution in [2.75, 3.05) is 5.75 Å². The number of halogens is 2. The summed E-state index contributed by atoms with van der Waals surface area (Å²) in [6.07, 6.45) is 0. The van der Waals surface area contributed by atoms with Gasteiger partial charge in [-0.2, -0.15) is 0 Å². The third kappa shape index (κ3) is 3.69. The molecule has 0 atom stereocenters. The van der Waals surface area contributed by atoms with Gasteiger partial charge in [0, 0.05) is 10.0 Å². The number of thioether (sulfide) groups is 1. The van der Waals surface area contributed by atoms with Crippen LogP contribution in [0.1, 0.15) is 16.4 Å². The number of carboxylic acid groups (broad SMARTS) is 1. The highest BCUT2D eigenvalue weighted by Crippen LogP contribution is 2.41. The zero-order valence-electron chi connectivity index (χ0n) is 10.4. The van der Waals surface area contributed by atoms with Crippen LogP contribution in [0.3, 0.4) is 0 Å². The number of benzene rings is 2. The molecule has 0 heterocycles. The van der Waals surface area contributed by atoms with E-state index in [4.69, 9.17) is 28.3 Å². The maximum atomic E-state index is 10.8. The van der Waals surface area contributed by atoms with Crippen LogP contribution in [0.5, 0.6) is 0 Å². The molecule has 0 aromatic heterocycles. The maximum Gasteiger partial charge on any atom is 0.313 e. The van der Waals surface area contributed by atoms with E-state index in [0.717, 1.165) is 11.1 Å². The molecule has 2 rings (SSSR count). The summed E-state index contributed by atoms with van der Waals surface area (Å²) in [6, 6.07) is 14.8. The molecule has 0 fully saturated rings. The second kappa shape index (κ2) is 7.02. The van der Waals surface area contributed by atoms with Gasteiger partial charge in [-0.25, -0.2) is 0 Å². The second-order valence-electron chi connectivity index (χ2n) is 4.13. The molecule has 5 heteroatoms. The van der Waals surface area contributed by atoms with Crippen molar-refractivity contribution in [2.45, 2.75) is 5.25 Å². The summed E-state index contributed by atoms with van der Waals surface area (Å²) in [5.74, 6) is -0.875. The van der Waals surface area contributed by atoms with Crippen LogP contribution < -0.4 is 0 Å². The fraction of sp³-hybridized carbons (Fsp3) is 0.133. The summed E-state index contributed by atoms with van der Waals surface area (Å²) >= 11 is 13.8. The van der Waals surface area contributed by atoms with Gasteiger partial charge in [0.2, 0.25) is 0 Å². The predicted octanol–water partition coefficient (Wildman–Crippen LogP) is 4.90. The summed E-state index contributed by atoms with van der Waals surface area (Å²) in [4.78, 5) is 10.8. The van der Waals surface area contributed by atoms with Gasteiger partial charge in [0.15, 0.2) is 0 Å². The quantitative estimate of drug-likeness (QED) is 0.848. The van der Waals surface area contributed by atoms with Crippen molar-refractivity contribution in [1.29, 1.82) is 0 Å². The van der Waals surface area contributed by atoms with Gasteiger partial charge >= 0.3 is 5.97 Å². The SMILES string of the molecule is O=C(O)CSC(c1ccccc1Cl)c1ccccc1Cl. The van der Waals surface area contributed by atoms with Gasteiger partial charge in [-0.15, -0.1) is 11.8 Å². The Morgan fingerprint density at radius 2 is 1.45 bits per heavy atom. The van der Waals surface area contributed by atoms with Crippen molar-refractivity contribution in [2.24, 2.45) is 0 Å². The van der Waals surface area contributed by atoms with E-state index in [9.17, 15) is 4.79 Å². The Kier molecular flexibility index (Phi) is 5.35. The lowest BCUT2D eigenvalue weighted by Crippen LogP contribution is -2.05. The molecule has 0 aliphatic heterocycles. The minimum absolute atomic E-state index is 0.0128. The molecular formula is C15H12Cl2O2S. The monoisotopic (exact) mass is 326 g/mol. The summed E-state index contributed by atoms with van der Waals surface area (Å²) in [5, 5.41) is 9.92. The van der Waals surface area contributed by atoms with Gasteiger partial charge < -0.3 is 5.11 Å². The number of hydrogen-bond donors (Lipinski definition) is 1. The Balaban J connectivity index is 2.42. The van der Waals surface area contributed by atoms with E-state index in [0.29, 0.717) is 10.0 Å². The molecule has 104 valence electrons. The van der Waals surface area contributed by atoms with E-state index in [1.165, 1.54) is 11.8 Å². The maximum absolute atomic E-state index is 10.8. The molecule has 2 aromatic rings. The van der Waals surface area contributed by atoms with Gasteiger partial charge in [-0.05, 0) is 23.3 Å². The van der Waals surface area contributed by atoms with Crippen LogP contribution in [0.25, 0.3) is 0 Å². The van der Waals surface area contributed by atoms with Crippen LogP contribution >= 0.6 is 35.0 Å². The molecular weight excluding hydrogens is 315 g/mol. The molecule has 0 unspecified atom stereocenters. The molecule has 20 heavy (non-hydrogen) atoms. The molecule has 2 nitrogen and oxygen atoms in total. The summed E-state index contributed by atoms with van der Waals surface area (Å²) in [6.45, 7) is 0.